The summed E-state index contributed by atoms with van der Waals surface area (Å²) in [6, 6.07) is 17.4. The minimum atomic E-state index is -0.147. The van der Waals surface area contributed by atoms with Gasteiger partial charge in [0.25, 0.3) is 0 Å². The normalized spacial score (nSPS) is 10.3. The number of carbonyl (C=O) groups is 1. The van der Waals surface area contributed by atoms with E-state index in [-0.39, 0.29) is 17.3 Å². The van der Waals surface area contributed by atoms with Gasteiger partial charge in [-0.3, -0.25) is 4.79 Å². The van der Waals surface area contributed by atoms with Crippen molar-refractivity contribution in [3.63, 3.8) is 0 Å². The van der Waals surface area contributed by atoms with E-state index in [1.807, 2.05) is 18.2 Å². The Balaban J connectivity index is 1.90. The number of nitrogens with two attached hydrogens (primary N) is 1. The number of nitrogens with one attached hydrogen (secondary N) is 1. The topological polar surface area (TPSA) is 105 Å². The summed E-state index contributed by atoms with van der Waals surface area (Å²) in [5.74, 6) is 0.706. The Labute approximate surface area is 180 Å². The second-order valence-electron chi connectivity index (χ2n) is 5.90. The molecule has 0 saturated carbocycles. The molecule has 3 N–H and O–H groups in total. The molecule has 0 aliphatic rings. The molecule has 8 heteroatoms. The summed E-state index contributed by atoms with van der Waals surface area (Å²) in [7, 11) is 0. The number of hydrogen-bond acceptors (Lipinski definition) is 6. The number of anilines is 2. The van der Waals surface area contributed by atoms with Crippen molar-refractivity contribution >= 4 is 51.8 Å². The van der Waals surface area contributed by atoms with Crippen molar-refractivity contribution in [3.8, 4) is 17.3 Å². The maximum atomic E-state index is 11.2. The summed E-state index contributed by atoms with van der Waals surface area (Å²) in [6.45, 7) is 1.45. The van der Waals surface area contributed by atoms with Crippen molar-refractivity contribution in [2.24, 2.45) is 0 Å². The van der Waals surface area contributed by atoms with Crippen molar-refractivity contribution in [1.82, 2.24) is 9.97 Å². The number of halogens is 1. The standard InChI is InChI=1S/C20H16IN5OS/c1-12(27)24-16-7-5-14(6-8-16)18-17(10-22)19(23)26-20(25-18)28-11-13-3-2-4-15(21)9-13/h2-9H,11H2,1H3,(H,24,27)(H2,23,25,26). The molecule has 140 valence electrons. The highest BCUT2D eigenvalue weighted by Gasteiger charge is 2.15. The number of nitrogens with zero attached hydrogens (tertiary/aromatic N) is 3. The summed E-state index contributed by atoms with van der Waals surface area (Å²) in [6.07, 6.45) is 0. The summed E-state index contributed by atoms with van der Waals surface area (Å²) >= 11 is 3.74. The van der Waals surface area contributed by atoms with Crippen LogP contribution >= 0.6 is 34.4 Å². The molecule has 6 nitrogen and oxygen atoms in total. The Morgan fingerprint density at radius 2 is 2.00 bits per heavy atom. The Kier molecular flexibility index (Phi) is 6.49. The van der Waals surface area contributed by atoms with Crippen LogP contribution in [-0.4, -0.2) is 15.9 Å². The molecule has 3 aromatic rings. The number of nitriles is 1. The van der Waals surface area contributed by atoms with Gasteiger partial charge in [0.1, 0.15) is 17.5 Å². The van der Waals surface area contributed by atoms with E-state index in [0.29, 0.717) is 22.3 Å². The van der Waals surface area contributed by atoms with E-state index in [2.05, 4.69) is 50.0 Å². The van der Waals surface area contributed by atoms with Crippen LogP contribution in [0.3, 0.4) is 0 Å². The van der Waals surface area contributed by atoms with E-state index >= 15 is 0 Å². The number of benzene rings is 2. The van der Waals surface area contributed by atoms with Crippen molar-refractivity contribution in [2.75, 3.05) is 11.1 Å². The van der Waals surface area contributed by atoms with E-state index in [1.165, 1.54) is 18.7 Å². The summed E-state index contributed by atoms with van der Waals surface area (Å²) < 4.78 is 1.16. The van der Waals surface area contributed by atoms with Gasteiger partial charge in [0.2, 0.25) is 5.91 Å². The molecule has 1 heterocycles. The van der Waals surface area contributed by atoms with Gasteiger partial charge in [-0.25, -0.2) is 9.97 Å². The van der Waals surface area contributed by atoms with Crippen molar-refractivity contribution in [1.29, 1.82) is 5.26 Å². The molecule has 0 aliphatic carbocycles. The van der Waals surface area contributed by atoms with Gasteiger partial charge in [0.05, 0.1) is 5.69 Å². The number of nitrogen functional groups attached to an aromatic ring is 1. The molecule has 0 fully saturated rings. The summed E-state index contributed by atoms with van der Waals surface area (Å²) in [5.41, 5.74) is 9.30. The van der Waals surface area contributed by atoms with Crippen LogP contribution in [0.25, 0.3) is 11.3 Å². The van der Waals surface area contributed by atoms with Crippen LogP contribution in [0.1, 0.15) is 18.1 Å². The first-order chi connectivity index (χ1) is 13.5. The Bertz CT molecular complexity index is 1060. The van der Waals surface area contributed by atoms with Crippen molar-refractivity contribution in [2.45, 2.75) is 17.8 Å². The fraction of sp³-hybridized carbons (Fsp3) is 0.100. The average molecular weight is 501 g/mol. The predicted octanol–water partition coefficient (Wildman–Crippen LogP) is 4.45. The molecular weight excluding hydrogens is 485 g/mol. The van der Waals surface area contributed by atoms with E-state index in [0.717, 1.165) is 14.7 Å². The maximum Gasteiger partial charge on any atom is 0.221 e. The van der Waals surface area contributed by atoms with Gasteiger partial charge in [0, 0.05) is 27.5 Å². The van der Waals surface area contributed by atoms with Crippen LogP contribution in [-0.2, 0) is 10.5 Å². The van der Waals surface area contributed by atoms with Crippen LogP contribution < -0.4 is 11.1 Å². The van der Waals surface area contributed by atoms with E-state index in [4.69, 9.17) is 5.73 Å². The van der Waals surface area contributed by atoms with Gasteiger partial charge in [-0.05, 0) is 52.4 Å². The van der Waals surface area contributed by atoms with E-state index in [9.17, 15) is 10.1 Å². The SMILES string of the molecule is CC(=O)Nc1ccc(-c2nc(SCc3cccc(I)c3)nc(N)c2C#N)cc1. The van der Waals surface area contributed by atoms with Crippen molar-refractivity contribution < 1.29 is 4.79 Å². The maximum absolute atomic E-state index is 11.2. The highest BCUT2D eigenvalue weighted by Crippen LogP contribution is 2.29. The largest absolute Gasteiger partial charge is 0.382 e. The molecule has 1 amide bonds. The quantitative estimate of drug-likeness (QED) is 0.304. The molecule has 0 saturated heterocycles. The van der Waals surface area contributed by atoms with Gasteiger partial charge in [-0.2, -0.15) is 5.26 Å². The zero-order valence-corrected chi connectivity index (χ0v) is 17.9. The number of thioether (sulfide) groups is 1. The van der Waals surface area contributed by atoms with Crippen LogP contribution in [0.15, 0.2) is 53.7 Å². The summed E-state index contributed by atoms with van der Waals surface area (Å²) in [4.78, 5) is 20.0. The number of aromatic nitrogens is 2. The van der Waals surface area contributed by atoms with E-state index in [1.54, 1.807) is 24.3 Å². The highest BCUT2D eigenvalue weighted by atomic mass is 127. The third kappa shape index (κ3) is 4.99. The number of carbonyl (C=O) groups excluding carboxylic acids is 1. The molecule has 1 aromatic heterocycles. The molecule has 0 unspecified atom stereocenters. The lowest BCUT2D eigenvalue weighted by atomic mass is 10.1. The predicted molar refractivity (Wildman–Crippen MR) is 120 cm³/mol. The number of rotatable bonds is 5. The molecule has 3 rings (SSSR count). The lowest BCUT2D eigenvalue weighted by Gasteiger charge is -2.10. The fourth-order valence-electron chi connectivity index (χ4n) is 2.53. The molecule has 0 bridgehead atoms. The van der Waals surface area contributed by atoms with Crippen LogP contribution in [0.2, 0.25) is 0 Å². The minimum absolute atomic E-state index is 0.147. The Hall–Kier alpha value is -2.64. The first kappa shape index (κ1) is 20.1. The van der Waals surface area contributed by atoms with Crippen LogP contribution in [0.5, 0.6) is 0 Å². The molecule has 0 atom stereocenters. The molecule has 28 heavy (non-hydrogen) atoms. The third-order valence-corrected chi connectivity index (χ3v) is 5.35. The first-order valence-corrected chi connectivity index (χ1v) is 10.4. The van der Waals surface area contributed by atoms with Crippen LogP contribution in [0, 0.1) is 14.9 Å². The smallest absolute Gasteiger partial charge is 0.221 e. The van der Waals surface area contributed by atoms with Crippen LogP contribution in [0.4, 0.5) is 11.5 Å². The lowest BCUT2D eigenvalue weighted by Crippen LogP contribution is -2.05. The zero-order valence-electron chi connectivity index (χ0n) is 14.9. The van der Waals surface area contributed by atoms with E-state index < -0.39 is 0 Å². The minimum Gasteiger partial charge on any atom is -0.382 e. The van der Waals surface area contributed by atoms with Gasteiger partial charge >= 0.3 is 0 Å². The first-order valence-electron chi connectivity index (χ1n) is 8.29. The molecule has 2 aromatic carbocycles. The number of amides is 1. The van der Waals surface area contributed by atoms with Gasteiger partial charge in [-0.15, -0.1) is 0 Å². The second kappa shape index (κ2) is 9.03. The fourth-order valence-corrected chi connectivity index (χ4v) is 3.93. The molecule has 0 spiro atoms. The molecular formula is C20H16IN5OS. The monoisotopic (exact) mass is 501 g/mol. The molecule has 0 aliphatic heterocycles. The second-order valence-corrected chi connectivity index (χ2v) is 8.09. The Morgan fingerprint density at radius 3 is 2.64 bits per heavy atom. The lowest BCUT2D eigenvalue weighted by molar-refractivity contribution is -0.114. The van der Waals surface area contributed by atoms with Gasteiger partial charge in [0.15, 0.2) is 5.16 Å². The summed E-state index contributed by atoms with van der Waals surface area (Å²) in [5, 5.41) is 12.7. The van der Waals surface area contributed by atoms with Gasteiger partial charge < -0.3 is 11.1 Å². The Morgan fingerprint density at radius 1 is 1.25 bits per heavy atom. The highest BCUT2D eigenvalue weighted by molar-refractivity contribution is 14.1. The molecule has 0 radical (unpaired) electrons. The third-order valence-electron chi connectivity index (χ3n) is 3.76. The zero-order chi connectivity index (χ0) is 20.1. The van der Waals surface area contributed by atoms with Crippen molar-refractivity contribution in [3.05, 3.63) is 63.2 Å². The van der Waals surface area contributed by atoms with Gasteiger partial charge in [-0.1, -0.05) is 36.0 Å². The average Bonchev–Trinajstić information content (AvgIpc) is 2.66. The number of hydrogen-bond donors (Lipinski definition) is 2.